The number of hydrogen-bond acceptors (Lipinski definition) is 4. The Morgan fingerprint density at radius 2 is 1.90 bits per heavy atom. The number of aliphatic hydroxyl groups is 1. The number of amides is 1. The summed E-state index contributed by atoms with van der Waals surface area (Å²) in [5.41, 5.74) is 1.26. The first-order valence-electron chi connectivity index (χ1n) is 8.92. The van der Waals surface area contributed by atoms with Crippen LogP contribution in [0.4, 0.5) is 10.1 Å². The van der Waals surface area contributed by atoms with Crippen LogP contribution in [0.5, 0.6) is 0 Å². The van der Waals surface area contributed by atoms with Gasteiger partial charge in [-0.25, -0.2) is 9.37 Å². The summed E-state index contributed by atoms with van der Waals surface area (Å²) in [5, 5.41) is 12.3. The summed E-state index contributed by atoms with van der Waals surface area (Å²) in [6.07, 6.45) is 0.119. The number of para-hydroxylation sites is 1. The molecule has 2 N–H and O–H groups in total. The van der Waals surface area contributed by atoms with Crippen molar-refractivity contribution in [3.8, 4) is 11.4 Å². The molecule has 0 aliphatic rings. The summed E-state index contributed by atoms with van der Waals surface area (Å²) in [6.45, 7) is 1.12. The van der Waals surface area contributed by atoms with Crippen molar-refractivity contribution in [1.29, 1.82) is 0 Å². The molecule has 150 valence electrons. The highest BCUT2D eigenvalue weighted by atomic mass is 35.5. The minimum Gasteiger partial charge on any atom is -0.396 e. The molecule has 29 heavy (non-hydrogen) atoms. The van der Waals surface area contributed by atoms with Crippen LogP contribution in [0.3, 0.4) is 0 Å². The number of carbonyl (C=O) groups excluding carboxylic acids is 1. The number of rotatable bonds is 6. The van der Waals surface area contributed by atoms with Gasteiger partial charge >= 0.3 is 0 Å². The van der Waals surface area contributed by atoms with Gasteiger partial charge in [0.05, 0.1) is 10.7 Å². The van der Waals surface area contributed by atoms with Crippen molar-refractivity contribution in [1.82, 2.24) is 9.55 Å². The Balaban J connectivity index is 2.03. The Bertz CT molecular complexity index is 1100. The molecule has 0 bridgehead atoms. The van der Waals surface area contributed by atoms with E-state index >= 15 is 0 Å². The monoisotopic (exact) mass is 415 g/mol. The average molecular weight is 416 g/mol. The van der Waals surface area contributed by atoms with E-state index < -0.39 is 17.3 Å². The SMILES string of the molecule is Cc1nc(-c2ccc(F)cc2)n(CC(=O)Nc2ccccc2Cl)c(=O)c1CCO. The normalized spacial score (nSPS) is 10.8. The molecule has 1 heterocycles. The molecule has 3 aromatic rings. The van der Waals surface area contributed by atoms with Gasteiger partial charge in [0.1, 0.15) is 18.2 Å². The zero-order valence-electron chi connectivity index (χ0n) is 15.7. The minimum atomic E-state index is -0.468. The van der Waals surface area contributed by atoms with Gasteiger partial charge in [0.15, 0.2) is 0 Å². The summed E-state index contributed by atoms with van der Waals surface area (Å²) in [5.74, 6) is -0.652. The fourth-order valence-corrected chi connectivity index (χ4v) is 3.15. The van der Waals surface area contributed by atoms with E-state index in [-0.39, 0.29) is 25.4 Å². The topological polar surface area (TPSA) is 84.2 Å². The molecule has 1 aromatic heterocycles. The minimum absolute atomic E-state index is 0.119. The Morgan fingerprint density at radius 1 is 1.21 bits per heavy atom. The largest absolute Gasteiger partial charge is 0.396 e. The number of halogens is 2. The first-order chi connectivity index (χ1) is 13.9. The molecular weight excluding hydrogens is 397 g/mol. The molecule has 0 atom stereocenters. The van der Waals surface area contributed by atoms with E-state index in [0.29, 0.717) is 27.5 Å². The van der Waals surface area contributed by atoms with Crippen LogP contribution in [0.2, 0.25) is 5.02 Å². The van der Waals surface area contributed by atoms with E-state index in [1.165, 1.54) is 28.8 Å². The van der Waals surface area contributed by atoms with E-state index in [9.17, 15) is 19.1 Å². The number of anilines is 1. The van der Waals surface area contributed by atoms with Crippen LogP contribution >= 0.6 is 11.6 Å². The van der Waals surface area contributed by atoms with E-state index in [1.54, 1.807) is 31.2 Å². The zero-order valence-corrected chi connectivity index (χ0v) is 16.4. The predicted octanol–water partition coefficient (Wildman–Crippen LogP) is 3.18. The van der Waals surface area contributed by atoms with Gasteiger partial charge in [0.25, 0.3) is 5.56 Å². The number of aromatic nitrogens is 2. The fraction of sp³-hybridized carbons (Fsp3) is 0.190. The van der Waals surface area contributed by atoms with Gasteiger partial charge in [-0.05, 0) is 43.3 Å². The molecule has 0 unspecified atom stereocenters. The number of aliphatic hydroxyl groups excluding tert-OH is 1. The second-order valence-electron chi connectivity index (χ2n) is 6.40. The van der Waals surface area contributed by atoms with Crippen molar-refractivity contribution < 1.29 is 14.3 Å². The quantitative estimate of drug-likeness (QED) is 0.647. The molecule has 0 saturated heterocycles. The molecule has 0 fully saturated rings. The van der Waals surface area contributed by atoms with Gasteiger partial charge in [-0.3, -0.25) is 14.2 Å². The summed E-state index contributed by atoms with van der Waals surface area (Å²) < 4.78 is 14.5. The number of benzene rings is 2. The lowest BCUT2D eigenvalue weighted by atomic mass is 10.1. The van der Waals surface area contributed by atoms with Gasteiger partial charge in [-0.15, -0.1) is 0 Å². The molecule has 3 rings (SSSR count). The standard InChI is InChI=1S/C21H19ClFN3O3/c1-13-16(10-11-27)21(29)26(20(24-13)14-6-8-15(23)9-7-14)12-19(28)25-18-5-3-2-4-17(18)22/h2-9,27H,10-12H2,1H3,(H,25,28). The fourth-order valence-electron chi connectivity index (χ4n) is 2.96. The molecule has 0 radical (unpaired) electrons. The van der Waals surface area contributed by atoms with Gasteiger partial charge in [-0.1, -0.05) is 23.7 Å². The molecule has 2 aromatic carbocycles. The second-order valence-corrected chi connectivity index (χ2v) is 6.81. The van der Waals surface area contributed by atoms with Crippen molar-refractivity contribution in [3.63, 3.8) is 0 Å². The van der Waals surface area contributed by atoms with Crippen LogP contribution in [-0.2, 0) is 17.8 Å². The number of hydrogen-bond donors (Lipinski definition) is 2. The number of nitrogens with zero attached hydrogens (tertiary/aromatic N) is 2. The molecule has 0 aliphatic carbocycles. The van der Waals surface area contributed by atoms with Crippen molar-refractivity contribution in [2.75, 3.05) is 11.9 Å². The lowest BCUT2D eigenvalue weighted by Gasteiger charge is -2.16. The lowest BCUT2D eigenvalue weighted by Crippen LogP contribution is -2.33. The average Bonchev–Trinajstić information content (AvgIpc) is 2.69. The van der Waals surface area contributed by atoms with Crippen molar-refractivity contribution in [2.24, 2.45) is 0 Å². The maximum Gasteiger partial charge on any atom is 0.257 e. The molecular formula is C21H19ClFN3O3. The van der Waals surface area contributed by atoms with Crippen LogP contribution in [0.15, 0.2) is 53.3 Å². The Labute approximate surface area is 171 Å². The second kappa shape index (κ2) is 8.98. The molecule has 1 amide bonds. The van der Waals surface area contributed by atoms with Crippen LogP contribution in [0.1, 0.15) is 11.3 Å². The highest BCUT2D eigenvalue weighted by Crippen LogP contribution is 2.21. The van der Waals surface area contributed by atoms with Gasteiger partial charge in [0.2, 0.25) is 5.91 Å². The molecule has 8 heteroatoms. The molecule has 0 spiro atoms. The van der Waals surface area contributed by atoms with Crippen LogP contribution in [-0.4, -0.2) is 27.2 Å². The van der Waals surface area contributed by atoms with Crippen molar-refractivity contribution in [2.45, 2.75) is 19.9 Å². The van der Waals surface area contributed by atoms with Gasteiger partial charge in [0, 0.05) is 29.8 Å². The number of nitrogens with one attached hydrogen (secondary N) is 1. The number of aryl methyl sites for hydroxylation is 1. The summed E-state index contributed by atoms with van der Waals surface area (Å²) in [7, 11) is 0. The van der Waals surface area contributed by atoms with Gasteiger partial charge in [-0.2, -0.15) is 0 Å². The molecule has 6 nitrogen and oxygen atoms in total. The third-order valence-corrected chi connectivity index (χ3v) is 4.71. The lowest BCUT2D eigenvalue weighted by molar-refractivity contribution is -0.116. The van der Waals surface area contributed by atoms with E-state index in [0.717, 1.165) is 0 Å². The van der Waals surface area contributed by atoms with Crippen LogP contribution < -0.4 is 10.9 Å². The summed E-state index contributed by atoms with van der Waals surface area (Å²) in [4.78, 5) is 30.1. The summed E-state index contributed by atoms with van der Waals surface area (Å²) >= 11 is 6.07. The highest BCUT2D eigenvalue weighted by molar-refractivity contribution is 6.33. The highest BCUT2D eigenvalue weighted by Gasteiger charge is 2.18. The smallest absolute Gasteiger partial charge is 0.257 e. The third-order valence-electron chi connectivity index (χ3n) is 4.38. The predicted molar refractivity (Wildman–Crippen MR) is 109 cm³/mol. The Kier molecular flexibility index (Phi) is 6.41. The molecule has 0 saturated carbocycles. The Hall–Kier alpha value is -3.03. The van der Waals surface area contributed by atoms with E-state index in [4.69, 9.17) is 11.6 Å². The molecule has 0 aliphatic heterocycles. The van der Waals surface area contributed by atoms with E-state index in [2.05, 4.69) is 10.3 Å². The first kappa shape index (κ1) is 20.7. The van der Waals surface area contributed by atoms with E-state index in [1.807, 2.05) is 0 Å². The zero-order chi connectivity index (χ0) is 21.0. The maximum absolute atomic E-state index is 13.3. The van der Waals surface area contributed by atoms with Crippen molar-refractivity contribution >= 4 is 23.2 Å². The van der Waals surface area contributed by atoms with Crippen LogP contribution in [0, 0.1) is 12.7 Å². The maximum atomic E-state index is 13.3. The first-order valence-corrected chi connectivity index (χ1v) is 9.30. The third kappa shape index (κ3) is 4.70. The van der Waals surface area contributed by atoms with Crippen LogP contribution in [0.25, 0.3) is 11.4 Å². The Morgan fingerprint density at radius 3 is 2.55 bits per heavy atom. The number of carbonyl (C=O) groups is 1. The summed E-state index contributed by atoms with van der Waals surface area (Å²) in [6, 6.07) is 12.2. The van der Waals surface area contributed by atoms with Crippen molar-refractivity contribution in [3.05, 3.63) is 81.0 Å². The van der Waals surface area contributed by atoms with Gasteiger partial charge < -0.3 is 10.4 Å².